The molecule has 0 amide bonds. The molecule has 1 heterocycles. The smallest absolute Gasteiger partial charge is 0.252 e. The largest absolute Gasteiger partial charge is 0.326 e. The van der Waals surface area contributed by atoms with Gasteiger partial charge in [0.05, 0.1) is 0 Å². The summed E-state index contributed by atoms with van der Waals surface area (Å²) in [6, 6.07) is 1.63. The lowest BCUT2D eigenvalue weighted by molar-refractivity contribution is 0.461. The minimum absolute atomic E-state index is 0.328. The van der Waals surface area contributed by atoms with E-state index in [1.807, 2.05) is 0 Å². The summed E-state index contributed by atoms with van der Waals surface area (Å²) in [5, 5.41) is 1.77. The zero-order valence-corrected chi connectivity index (χ0v) is 10.9. The summed E-state index contributed by atoms with van der Waals surface area (Å²) in [7, 11) is -3.38. The number of hydrogen-bond acceptors (Lipinski definition) is 4. The maximum Gasteiger partial charge on any atom is 0.252 e. The highest BCUT2D eigenvalue weighted by Gasteiger charge is 2.23. The van der Waals surface area contributed by atoms with E-state index in [-0.39, 0.29) is 0 Å². The Bertz CT molecular complexity index is 451. The van der Waals surface area contributed by atoms with Crippen LogP contribution in [0.3, 0.4) is 0 Å². The van der Waals surface area contributed by atoms with E-state index < -0.39 is 10.0 Å². The van der Waals surface area contributed by atoms with Gasteiger partial charge < -0.3 is 5.73 Å². The van der Waals surface area contributed by atoms with Crippen LogP contribution in [0.2, 0.25) is 0 Å². The number of likely N-dealkylation sites (N-methyl/N-ethyl adjacent to an activating group) is 1. The first-order valence-corrected chi connectivity index (χ1v) is 7.26. The normalized spacial score (nSPS) is 11.9. The minimum atomic E-state index is -3.38. The second-order valence-electron chi connectivity index (χ2n) is 3.22. The molecule has 90 valence electrons. The van der Waals surface area contributed by atoms with Gasteiger partial charge in [-0.25, -0.2) is 8.42 Å². The Balaban J connectivity index is 3.04. The van der Waals surface area contributed by atoms with E-state index in [1.165, 1.54) is 15.6 Å². The highest BCUT2D eigenvalue weighted by atomic mass is 32.2. The van der Waals surface area contributed by atoms with Crippen LogP contribution < -0.4 is 5.73 Å². The fourth-order valence-electron chi connectivity index (χ4n) is 1.26. The van der Waals surface area contributed by atoms with Crippen molar-refractivity contribution in [3.63, 3.8) is 0 Å². The van der Waals surface area contributed by atoms with Crippen LogP contribution in [-0.4, -0.2) is 25.8 Å². The molecule has 0 radical (unpaired) electrons. The van der Waals surface area contributed by atoms with E-state index in [0.29, 0.717) is 23.8 Å². The molecule has 0 saturated heterocycles. The topological polar surface area (TPSA) is 63.4 Å². The first-order chi connectivity index (χ1) is 7.56. The molecular weight excluding hydrogens is 244 g/mol. The summed E-state index contributed by atoms with van der Waals surface area (Å²) < 4.78 is 26.0. The van der Waals surface area contributed by atoms with Crippen LogP contribution in [0.1, 0.15) is 12.5 Å². The predicted molar refractivity (Wildman–Crippen MR) is 66.8 cm³/mol. The van der Waals surface area contributed by atoms with Crippen LogP contribution in [0, 0.1) is 0 Å². The molecule has 1 rings (SSSR count). The van der Waals surface area contributed by atoms with Crippen molar-refractivity contribution in [3.8, 4) is 0 Å². The highest BCUT2D eigenvalue weighted by Crippen LogP contribution is 2.23. The third kappa shape index (κ3) is 2.70. The molecular formula is C10H16N2O2S2. The van der Waals surface area contributed by atoms with Gasteiger partial charge in [0.2, 0.25) is 0 Å². The zero-order valence-electron chi connectivity index (χ0n) is 9.22. The number of sulfonamides is 1. The second-order valence-corrected chi connectivity index (χ2v) is 6.30. The summed E-state index contributed by atoms with van der Waals surface area (Å²) in [6.07, 6.45) is 1.58. The third-order valence-corrected chi connectivity index (χ3v) is 5.55. The first-order valence-electron chi connectivity index (χ1n) is 4.94. The lowest BCUT2D eigenvalue weighted by atomic mass is 10.4. The average molecular weight is 260 g/mol. The number of thiophene rings is 1. The van der Waals surface area contributed by atoms with Gasteiger partial charge in [-0.3, -0.25) is 0 Å². The molecule has 0 unspecified atom stereocenters. The Morgan fingerprint density at radius 2 is 2.31 bits per heavy atom. The van der Waals surface area contributed by atoms with Crippen molar-refractivity contribution in [2.45, 2.75) is 17.7 Å². The van der Waals surface area contributed by atoms with Gasteiger partial charge >= 0.3 is 0 Å². The van der Waals surface area contributed by atoms with Crippen molar-refractivity contribution in [1.82, 2.24) is 4.31 Å². The first kappa shape index (κ1) is 13.4. The summed E-state index contributed by atoms with van der Waals surface area (Å²) in [5.41, 5.74) is 6.30. The van der Waals surface area contributed by atoms with Crippen LogP contribution in [0.5, 0.6) is 0 Å². The number of nitrogens with two attached hydrogens (primary N) is 1. The molecule has 0 aliphatic rings. The van der Waals surface area contributed by atoms with Gasteiger partial charge in [-0.2, -0.15) is 4.31 Å². The Morgan fingerprint density at radius 1 is 1.62 bits per heavy atom. The summed E-state index contributed by atoms with van der Waals surface area (Å²) in [6.45, 7) is 6.48. The number of hydrogen-bond donors (Lipinski definition) is 1. The molecule has 1 aromatic heterocycles. The fourth-order valence-corrected chi connectivity index (χ4v) is 4.06. The van der Waals surface area contributed by atoms with E-state index in [0.717, 1.165) is 5.56 Å². The molecule has 0 aliphatic carbocycles. The Hall–Kier alpha value is -0.690. The summed E-state index contributed by atoms with van der Waals surface area (Å²) in [4.78, 5) is 0. The average Bonchev–Trinajstić information content (AvgIpc) is 2.74. The number of nitrogens with zero attached hydrogens (tertiary/aromatic N) is 1. The van der Waals surface area contributed by atoms with Crippen molar-refractivity contribution in [3.05, 3.63) is 29.7 Å². The van der Waals surface area contributed by atoms with Crippen molar-refractivity contribution in [2.24, 2.45) is 5.73 Å². The highest BCUT2D eigenvalue weighted by molar-refractivity contribution is 7.91. The monoisotopic (exact) mass is 260 g/mol. The van der Waals surface area contributed by atoms with Gasteiger partial charge in [0.1, 0.15) is 4.21 Å². The molecule has 0 aromatic carbocycles. The Kier molecular flexibility index (Phi) is 4.67. The van der Waals surface area contributed by atoms with Crippen LogP contribution in [0.4, 0.5) is 0 Å². The molecule has 0 fully saturated rings. The van der Waals surface area contributed by atoms with Crippen LogP contribution in [0.15, 0.2) is 28.3 Å². The lowest BCUT2D eigenvalue weighted by Gasteiger charge is -2.17. The molecule has 0 atom stereocenters. The van der Waals surface area contributed by atoms with Crippen LogP contribution >= 0.6 is 11.3 Å². The van der Waals surface area contributed by atoms with Gasteiger partial charge in [0, 0.05) is 19.6 Å². The molecule has 0 aliphatic heterocycles. The second kappa shape index (κ2) is 5.58. The van der Waals surface area contributed by atoms with Crippen molar-refractivity contribution >= 4 is 21.4 Å². The maximum absolute atomic E-state index is 12.1. The van der Waals surface area contributed by atoms with Gasteiger partial charge in [0.25, 0.3) is 10.0 Å². The Labute approximate surface area is 100 Å². The van der Waals surface area contributed by atoms with E-state index >= 15 is 0 Å². The maximum atomic E-state index is 12.1. The fraction of sp³-hybridized carbons (Fsp3) is 0.400. The van der Waals surface area contributed by atoms with Gasteiger partial charge in [-0.15, -0.1) is 17.9 Å². The van der Waals surface area contributed by atoms with E-state index in [9.17, 15) is 8.42 Å². The van der Waals surface area contributed by atoms with Crippen LogP contribution in [0.25, 0.3) is 0 Å². The van der Waals surface area contributed by atoms with Crippen molar-refractivity contribution in [2.75, 3.05) is 13.1 Å². The van der Waals surface area contributed by atoms with Crippen molar-refractivity contribution < 1.29 is 8.42 Å². The molecule has 6 heteroatoms. The summed E-state index contributed by atoms with van der Waals surface area (Å²) in [5.74, 6) is 0. The van der Waals surface area contributed by atoms with Gasteiger partial charge in [0.15, 0.2) is 0 Å². The summed E-state index contributed by atoms with van der Waals surface area (Å²) >= 11 is 1.21. The molecule has 4 nitrogen and oxygen atoms in total. The van der Waals surface area contributed by atoms with E-state index in [4.69, 9.17) is 5.73 Å². The Morgan fingerprint density at radius 3 is 2.75 bits per heavy atom. The standard InChI is InChI=1S/C10H16N2O2S2/c1-3-5-12(4-2)16(13,14)10-6-9(7-11)8-15-10/h3,6,8H,1,4-5,7,11H2,2H3. The number of rotatable bonds is 6. The predicted octanol–water partition coefficient (Wildman–Crippen LogP) is 1.40. The van der Waals surface area contributed by atoms with E-state index in [1.54, 1.807) is 24.4 Å². The molecule has 16 heavy (non-hydrogen) atoms. The van der Waals surface area contributed by atoms with Gasteiger partial charge in [-0.1, -0.05) is 13.0 Å². The quantitative estimate of drug-likeness (QED) is 0.786. The minimum Gasteiger partial charge on any atom is -0.326 e. The molecule has 0 bridgehead atoms. The third-order valence-electron chi connectivity index (χ3n) is 2.15. The molecule has 1 aromatic rings. The van der Waals surface area contributed by atoms with Crippen molar-refractivity contribution in [1.29, 1.82) is 0 Å². The molecule has 2 N–H and O–H groups in total. The SMILES string of the molecule is C=CCN(CC)S(=O)(=O)c1cc(CN)cs1. The molecule has 0 spiro atoms. The van der Waals surface area contributed by atoms with Gasteiger partial charge in [-0.05, 0) is 17.0 Å². The zero-order chi connectivity index (χ0) is 12.2. The van der Waals surface area contributed by atoms with E-state index in [2.05, 4.69) is 6.58 Å². The molecule has 0 saturated carbocycles. The lowest BCUT2D eigenvalue weighted by Crippen LogP contribution is -2.30. The van der Waals surface area contributed by atoms with Crippen LogP contribution in [-0.2, 0) is 16.6 Å².